The molecule has 0 radical (unpaired) electrons. The number of ether oxygens (including phenoxy) is 1. The van der Waals surface area contributed by atoms with Crippen molar-refractivity contribution in [2.24, 2.45) is 5.92 Å². The first kappa shape index (κ1) is 11.9. The zero-order valence-electron chi connectivity index (χ0n) is 8.55. The lowest BCUT2D eigenvalue weighted by atomic mass is 9.95. The lowest BCUT2D eigenvalue weighted by molar-refractivity contribution is 0.0518. The molecule has 0 saturated carbocycles. The van der Waals surface area contributed by atoms with Crippen LogP contribution in [-0.4, -0.2) is 24.4 Å². The van der Waals surface area contributed by atoms with Crippen LogP contribution in [0.25, 0.3) is 0 Å². The standard InChI is InChI=1S/C10H22O2/c1-4-9(5-2)10(11)7-8-12-6-3/h9-11H,4-8H2,1-3H3. The summed E-state index contributed by atoms with van der Waals surface area (Å²) in [5.41, 5.74) is 0. The van der Waals surface area contributed by atoms with E-state index in [0.717, 1.165) is 25.9 Å². The second-order valence-corrected chi connectivity index (χ2v) is 3.13. The summed E-state index contributed by atoms with van der Waals surface area (Å²) in [5, 5.41) is 9.66. The maximum atomic E-state index is 9.66. The number of aliphatic hydroxyl groups excluding tert-OH is 1. The van der Waals surface area contributed by atoms with Crippen molar-refractivity contribution in [1.29, 1.82) is 0 Å². The van der Waals surface area contributed by atoms with Crippen molar-refractivity contribution in [3.05, 3.63) is 0 Å². The summed E-state index contributed by atoms with van der Waals surface area (Å²) in [4.78, 5) is 0. The third-order valence-corrected chi connectivity index (χ3v) is 2.35. The Morgan fingerprint density at radius 3 is 2.17 bits per heavy atom. The summed E-state index contributed by atoms with van der Waals surface area (Å²) in [7, 11) is 0. The van der Waals surface area contributed by atoms with Gasteiger partial charge < -0.3 is 9.84 Å². The van der Waals surface area contributed by atoms with Gasteiger partial charge in [-0.25, -0.2) is 0 Å². The molecule has 2 heteroatoms. The van der Waals surface area contributed by atoms with Gasteiger partial charge in [0.1, 0.15) is 0 Å². The second-order valence-electron chi connectivity index (χ2n) is 3.13. The summed E-state index contributed by atoms with van der Waals surface area (Å²) in [6, 6.07) is 0. The van der Waals surface area contributed by atoms with Crippen molar-refractivity contribution < 1.29 is 9.84 Å². The molecule has 0 aromatic rings. The van der Waals surface area contributed by atoms with E-state index >= 15 is 0 Å². The number of rotatable bonds is 7. The fourth-order valence-electron chi connectivity index (χ4n) is 1.42. The zero-order valence-corrected chi connectivity index (χ0v) is 8.55. The van der Waals surface area contributed by atoms with Gasteiger partial charge in [0.2, 0.25) is 0 Å². The fourth-order valence-corrected chi connectivity index (χ4v) is 1.42. The molecule has 0 rings (SSSR count). The predicted molar refractivity (Wildman–Crippen MR) is 51.2 cm³/mol. The summed E-state index contributed by atoms with van der Waals surface area (Å²) in [5.74, 6) is 0.449. The molecular weight excluding hydrogens is 152 g/mol. The van der Waals surface area contributed by atoms with Crippen LogP contribution in [0, 0.1) is 5.92 Å². The van der Waals surface area contributed by atoms with Crippen molar-refractivity contribution in [2.45, 2.75) is 46.1 Å². The van der Waals surface area contributed by atoms with Crippen LogP contribution in [-0.2, 0) is 4.74 Å². The molecule has 0 aliphatic carbocycles. The molecule has 1 unspecified atom stereocenters. The lowest BCUT2D eigenvalue weighted by Gasteiger charge is -2.19. The summed E-state index contributed by atoms with van der Waals surface area (Å²) in [6.07, 6.45) is 2.72. The van der Waals surface area contributed by atoms with E-state index in [4.69, 9.17) is 4.74 Å². The Morgan fingerprint density at radius 1 is 1.17 bits per heavy atom. The van der Waals surface area contributed by atoms with Crippen LogP contribution in [0.5, 0.6) is 0 Å². The van der Waals surface area contributed by atoms with Crippen LogP contribution in [0.1, 0.15) is 40.0 Å². The van der Waals surface area contributed by atoms with Crippen molar-refractivity contribution >= 4 is 0 Å². The SMILES string of the molecule is CCOCCC(O)C(CC)CC. The number of hydrogen-bond donors (Lipinski definition) is 1. The van der Waals surface area contributed by atoms with Crippen LogP contribution < -0.4 is 0 Å². The molecule has 0 aromatic heterocycles. The van der Waals surface area contributed by atoms with Gasteiger partial charge in [-0.15, -0.1) is 0 Å². The Balaban J connectivity index is 3.47. The quantitative estimate of drug-likeness (QED) is 0.600. The highest BCUT2D eigenvalue weighted by molar-refractivity contribution is 4.65. The van der Waals surface area contributed by atoms with Gasteiger partial charge in [-0.05, 0) is 19.3 Å². The highest BCUT2D eigenvalue weighted by atomic mass is 16.5. The zero-order chi connectivity index (χ0) is 9.40. The highest BCUT2D eigenvalue weighted by Crippen LogP contribution is 2.15. The normalized spacial score (nSPS) is 13.8. The first-order valence-electron chi connectivity index (χ1n) is 5.01. The van der Waals surface area contributed by atoms with Crippen LogP contribution >= 0.6 is 0 Å². The smallest absolute Gasteiger partial charge is 0.0590 e. The van der Waals surface area contributed by atoms with Crippen molar-refractivity contribution in [3.8, 4) is 0 Å². The van der Waals surface area contributed by atoms with Crippen LogP contribution in [0.2, 0.25) is 0 Å². The summed E-state index contributed by atoms with van der Waals surface area (Å²) in [6.45, 7) is 7.66. The molecule has 2 nitrogen and oxygen atoms in total. The minimum absolute atomic E-state index is 0.174. The largest absolute Gasteiger partial charge is 0.393 e. The Bertz CT molecular complexity index is 89.8. The Hall–Kier alpha value is -0.0800. The average molecular weight is 174 g/mol. The fraction of sp³-hybridized carbons (Fsp3) is 1.00. The molecule has 0 spiro atoms. The molecule has 0 amide bonds. The Morgan fingerprint density at radius 2 is 1.75 bits per heavy atom. The lowest BCUT2D eigenvalue weighted by Crippen LogP contribution is -2.21. The van der Waals surface area contributed by atoms with Gasteiger partial charge >= 0.3 is 0 Å². The Kier molecular flexibility index (Phi) is 7.51. The molecule has 0 aromatic carbocycles. The molecule has 0 saturated heterocycles. The number of hydrogen-bond acceptors (Lipinski definition) is 2. The van der Waals surface area contributed by atoms with E-state index in [1.807, 2.05) is 6.92 Å². The average Bonchev–Trinajstić information content (AvgIpc) is 2.07. The topological polar surface area (TPSA) is 29.5 Å². The molecule has 0 fully saturated rings. The van der Waals surface area contributed by atoms with Crippen molar-refractivity contribution in [3.63, 3.8) is 0 Å². The van der Waals surface area contributed by atoms with E-state index in [-0.39, 0.29) is 6.10 Å². The number of aliphatic hydroxyl groups is 1. The van der Waals surface area contributed by atoms with Gasteiger partial charge in [0.15, 0.2) is 0 Å². The van der Waals surface area contributed by atoms with Gasteiger partial charge in [-0.1, -0.05) is 26.7 Å². The molecule has 0 aliphatic heterocycles. The maximum Gasteiger partial charge on any atom is 0.0590 e. The van der Waals surface area contributed by atoms with Gasteiger partial charge in [0.25, 0.3) is 0 Å². The first-order valence-corrected chi connectivity index (χ1v) is 5.01. The molecule has 0 bridgehead atoms. The van der Waals surface area contributed by atoms with Crippen LogP contribution in [0.4, 0.5) is 0 Å². The summed E-state index contributed by atoms with van der Waals surface area (Å²) < 4.78 is 5.18. The minimum atomic E-state index is -0.174. The van der Waals surface area contributed by atoms with E-state index in [1.165, 1.54) is 0 Å². The molecule has 1 N–H and O–H groups in total. The molecule has 12 heavy (non-hydrogen) atoms. The van der Waals surface area contributed by atoms with Crippen LogP contribution in [0.15, 0.2) is 0 Å². The molecule has 0 heterocycles. The van der Waals surface area contributed by atoms with Gasteiger partial charge in [0.05, 0.1) is 6.10 Å². The van der Waals surface area contributed by atoms with Crippen molar-refractivity contribution in [1.82, 2.24) is 0 Å². The third kappa shape index (κ3) is 4.73. The van der Waals surface area contributed by atoms with E-state index in [1.54, 1.807) is 0 Å². The highest BCUT2D eigenvalue weighted by Gasteiger charge is 2.14. The van der Waals surface area contributed by atoms with E-state index in [2.05, 4.69) is 13.8 Å². The van der Waals surface area contributed by atoms with Crippen LogP contribution in [0.3, 0.4) is 0 Å². The summed E-state index contributed by atoms with van der Waals surface area (Å²) >= 11 is 0. The molecule has 1 atom stereocenters. The Labute approximate surface area is 75.9 Å². The molecule has 74 valence electrons. The minimum Gasteiger partial charge on any atom is -0.393 e. The van der Waals surface area contributed by atoms with Gasteiger partial charge in [-0.3, -0.25) is 0 Å². The first-order chi connectivity index (χ1) is 5.76. The van der Waals surface area contributed by atoms with E-state index in [9.17, 15) is 5.11 Å². The monoisotopic (exact) mass is 174 g/mol. The third-order valence-electron chi connectivity index (χ3n) is 2.35. The van der Waals surface area contributed by atoms with E-state index < -0.39 is 0 Å². The van der Waals surface area contributed by atoms with E-state index in [0.29, 0.717) is 12.5 Å². The predicted octanol–water partition coefficient (Wildman–Crippen LogP) is 2.21. The molecular formula is C10H22O2. The molecule has 0 aliphatic rings. The second kappa shape index (κ2) is 7.56. The van der Waals surface area contributed by atoms with Gasteiger partial charge in [-0.2, -0.15) is 0 Å². The maximum absolute atomic E-state index is 9.66. The van der Waals surface area contributed by atoms with Crippen molar-refractivity contribution in [2.75, 3.05) is 13.2 Å². The van der Waals surface area contributed by atoms with Gasteiger partial charge in [0, 0.05) is 13.2 Å².